The number of alkyl halides is 3. The molecular formula is C20H17F3N2O3. The Hall–Kier alpha value is -3.03. The standard InChI is InChI=1S/C20H17F3N2O3/c21-20(22,23)28-13-7-8-17-12(10-13)4-3-9-25(17)19(27)15-11-18(26)24-16-6-2-1-5-14(15)16/h1-2,5-8,10,15H,3-4,9,11H2,(H,24,26)/t15-/m0/s1. The molecule has 4 rings (SSSR count). The van der Waals surface area contributed by atoms with Crippen molar-refractivity contribution in [3.63, 3.8) is 0 Å². The third-order valence-corrected chi connectivity index (χ3v) is 4.97. The van der Waals surface area contributed by atoms with E-state index in [1.54, 1.807) is 17.0 Å². The largest absolute Gasteiger partial charge is 0.573 e. The monoisotopic (exact) mass is 390 g/mol. The van der Waals surface area contributed by atoms with E-state index in [0.29, 0.717) is 36.3 Å². The van der Waals surface area contributed by atoms with E-state index in [-0.39, 0.29) is 24.0 Å². The van der Waals surface area contributed by atoms with Crippen molar-refractivity contribution in [1.82, 2.24) is 0 Å². The molecule has 0 unspecified atom stereocenters. The van der Waals surface area contributed by atoms with Gasteiger partial charge in [-0.3, -0.25) is 9.59 Å². The number of nitrogens with zero attached hydrogens (tertiary/aromatic N) is 1. The molecule has 1 atom stereocenters. The van der Waals surface area contributed by atoms with Gasteiger partial charge in [0, 0.05) is 24.3 Å². The molecule has 0 aromatic heterocycles. The second kappa shape index (κ2) is 6.85. The number of ether oxygens (including phenoxy) is 1. The number of halogens is 3. The Labute approximate surface area is 159 Å². The summed E-state index contributed by atoms with van der Waals surface area (Å²) >= 11 is 0. The van der Waals surface area contributed by atoms with Crippen LogP contribution in [0.5, 0.6) is 5.75 Å². The highest BCUT2D eigenvalue weighted by molar-refractivity contribution is 6.06. The van der Waals surface area contributed by atoms with Gasteiger partial charge in [-0.1, -0.05) is 18.2 Å². The number of aryl methyl sites for hydroxylation is 1. The number of rotatable bonds is 2. The lowest BCUT2D eigenvalue weighted by molar-refractivity contribution is -0.274. The summed E-state index contributed by atoms with van der Waals surface area (Å²) in [6.07, 6.45) is -3.56. The minimum absolute atomic E-state index is 0.0386. The number of anilines is 2. The lowest BCUT2D eigenvalue weighted by Crippen LogP contribution is -2.41. The molecule has 2 amide bonds. The molecule has 0 bridgehead atoms. The highest BCUT2D eigenvalue weighted by atomic mass is 19.4. The normalized spacial score (nSPS) is 18.8. The van der Waals surface area contributed by atoms with Crippen LogP contribution in [0.25, 0.3) is 0 Å². The number of benzene rings is 2. The average Bonchev–Trinajstić information content (AvgIpc) is 2.64. The van der Waals surface area contributed by atoms with Crippen LogP contribution in [-0.4, -0.2) is 24.7 Å². The quantitative estimate of drug-likeness (QED) is 0.844. The molecule has 2 heterocycles. The SMILES string of the molecule is O=C1C[C@H](C(=O)N2CCCc3cc(OC(F)(F)F)ccc32)c2ccccc2N1. The van der Waals surface area contributed by atoms with Crippen LogP contribution in [0.1, 0.15) is 29.9 Å². The van der Waals surface area contributed by atoms with Crippen molar-refractivity contribution in [2.75, 3.05) is 16.8 Å². The molecule has 28 heavy (non-hydrogen) atoms. The zero-order valence-electron chi connectivity index (χ0n) is 14.8. The first-order chi connectivity index (χ1) is 13.3. The second-order valence-corrected chi connectivity index (χ2v) is 6.82. The Balaban J connectivity index is 1.65. The summed E-state index contributed by atoms with van der Waals surface area (Å²) in [5, 5.41) is 2.76. The Morgan fingerprint density at radius 3 is 2.75 bits per heavy atom. The number of fused-ring (bicyclic) bond motifs is 2. The van der Waals surface area contributed by atoms with Gasteiger partial charge in [-0.05, 0) is 48.2 Å². The van der Waals surface area contributed by atoms with E-state index in [9.17, 15) is 22.8 Å². The highest BCUT2D eigenvalue weighted by Gasteiger charge is 2.36. The lowest BCUT2D eigenvalue weighted by atomic mass is 9.88. The van der Waals surface area contributed by atoms with Crippen LogP contribution < -0.4 is 15.0 Å². The Kier molecular flexibility index (Phi) is 4.49. The molecule has 2 aromatic rings. The number of carbonyl (C=O) groups is 2. The average molecular weight is 390 g/mol. The van der Waals surface area contributed by atoms with Gasteiger partial charge in [-0.15, -0.1) is 13.2 Å². The maximum Gasteiger partial charge on any atom is 0.573 e. The first-order valence-corrected chi connectivity index (χ1v) is 8.90. The fourth-order valence-corrected chi connectivity index (χ4v) is 3.82. The Morgan fingerprint density at radius 2 is 1.96 bits per heavy atom. The van der Waals surface area contributed by atoms with Crippen LogP contribution in [0, 0.1) is 0 Å². The second-order valence-electron chi connectivity index (χ2n) is 6.82. The third kappa shape index (κ3) is 3.54. The number of hydrogen-bond donors (Lipinski definition) is 1. The summed E-state index contributed by atoms with van der Waals surface area (Å²) in [4.78, 5) is 26.9. The van der Waals surface area contributed by atoms with Crippen molar-refractivity contribution in [1.29, 1.82) is 0 Å². The Morgan fingerprint density at radius 1 is 1.18 bits per heavy atom. The molecule has 0 radical (unpaired) electrons. The number of amides is 2. The topological polar surface area (TPSA) is 58.6 Å². The van der Waals surface area contributed by atoms with Crippen molar-refractivity contribution in [2.45, 2.75) is 31.5 Å². The maximum absolute atomic E-state index is 13.3. The molecule has 0 fully saturated rings. The van der Waals surface area contributed by atoms with Gasteiger partial charge in [0.15, 0.2) is 0 Å². The van der Waals surface area contributed by atoms with Crippen molar-refractivity contribution in [3.8, 4) is 5.75 Å². The maximum atomic E-state index is 13.3. The number of hydrogen-bond acceptors (Lipinski definition) is 3. The number of para-hydroxylation sites is 1. The molecule has 2 aliphatic rings. The van der Waals surface area contributed by atoms with Gasteiger partial charge in [0.1, 0.15) is 5.75 Å². The molecule has 0 spiro atoms. The van der Waals surface area contributed by atoms with Crippen LogP contribution in [-0.2, 0) is 16.0 Å². The molecule has 1 N–H and O–H groups in total. The van der Waals surface area contributed by atoms with Crippen LogP contribution >= 0.6 is 0 Å². The van der Waals surface area contributed by atoms with E-state index in [1.165, 1.54) is 18.2 Å². The van der Waals surface area contributed by atoms with E-state index in [2.05, 4.69) is 10.1 Å². The van der Waals surface area contributed by atoms with Crippen LogP contribution in [0.2, 0.25) is 0 Å². The molecule has 2 aliphatic heterocycles. The predicted octanol–water partition coefficient (Wildman–Crippen LogP) is 3.99. The van der Waals surface area contributed by atoms with Crippen LogP contribution in [0.15, 0.2) is 42.5 Å². The van der Waals surface area contributed by atoms with Gasteiger partial charge in [-0.25, -0.2) is 0 Å². The van der Waals surface area contributed by atoms with Crippen molar-refractivity contribution >= 4 is 23.2 Å². The van der Waals surface area contributed by atoms with Crippen molar-refractivity contribution in [2.24, 2.45) is 0 Å². The first-order valence-electron chi connectivity index (χ1n) is 8.90. The summed E-state index contributed by atoms with van der Waals surface area (Å²) in [6, 6.07) is 11.2. The number of nitrogens with one attached hydrogen (secondary N) is 1. The smallest absolute Gasteiger partial charge is 0.406 e. The molecule has 5 nitrogen and oxygen atoms in total. The highest BCUT2D eigenvalue weighted by Crippen LogP contribution is 2.38. The van der Waals surface area contributed by atoms with Crippen molar-refractivity contribution in [3.05, 3.63) is 53.6 Å². The van der Waals surface area contributed by atoms with E-state index in [1.807, 2.05) is 12.1 Å². The van der Waals surface area contributed by atoms with Gasteiger partial charge >= 0.3 is 6.36 Å². The molecular weight excluding hydrogens is 373 g/mol. The summed E-state index contributed by atoms with van der Waals surface area (Å²) in [6.45, 7) is 0.450. The summed E-state index contributed by atoms with van der Waals surface area (Å²) in [5.41, 5.74) is 2.55. The molecule has 0 saturated heterocycles. The van der Waals surface area contributed by atoms with Gasteiger partial charge < -0.3 is 15.0 Å². The first kappa shape index (κ1) is 18.3. The fourth-order valence-electron chi connectivity index (χ4n) is 3.82. The van der Waals surface area contributed by atoms with E-state index in [0.717, 1.165) is 5.56 Å². The van der Waals surface area contributed by atoms with E-state index < -0.39 is 12.3 Å². The number of carbonyl (C=O) groups excluding carboxylic acids is 2. The summed E-state index contributed by atoms with van der Waals surface area (Å²) in [7, 11) is 0. The van der Waals surface area contributed by atoms with Crippen molar-refractivity contribution < 1.29 is 27.5 Å². The van der Waals surface area contributed by atoms with E-state index >= 15 is 0 Å². The third-order valence-electron chi connectivity index (χ3n) is 4.97. The summed E-state index contributed by atoms with van der Waals surface area (Å²) < 4.78 is 41.4. The summed E-state index contributed by atoms with van der Waals surface area (Å²) in [5.74, 6) is -1.39. The van der Waals surface area contributed by atoms with E-state index in [4.69, 9.17) is 0 Å². The van der Waals surface area contributed by atoms with Crippen LogP contribution in [0.3, 0.4) is 0 Å². The molecule has 146 valence electrons. The van der Waals surface area contributed by atoms with Gasteiger partial charge in [0.25, 0.3) is 0 Å². The van der Waals surface area contributed by atoms with Gasteiger partial charge in [-0.2, -0.15) is 0 Å². The molecule has 0 aliphatic carbocycles. The zero-order valence-corrected chi connectivity index (χ0v) is 14.8. The molecule has 0 saturated carbocycles. The lowest BCUT2D eigenvalue weighted by Gasteiger charge is -2.34. The fraction of sp³-hybridized carbons (Fsp3) is 0.300. The van der Waals surface area contributed by atoms with Gasteiger partial charge in [0.2, 0.25) is 11.8 Å². The predicted molar refractivity (Wildman–Crippen MR) is 96.2 cm³/mol. The minimum Gasteiger partial charge on any atom is -0.406 e. The molecule has 2 aromatic carbocycles. The zero-order chi connectivity index (χ0) is 19.9. The van der Waals surface area contributed by atoms with Gasteiger partial charge in [0.05, 0.1) is 5.92 Å². The Bertz CT molecular complexity index is 943. The van der Waals surface area contributed by atoms with Crippen LogP contribution in [0.4, 0.5) is 24.5 Å². The minimum atomic E-state index is -4.77. The molecule has 8 heteroatoms.